The first kappa shape index (κ1) is 19.8. The third kappa shape index (κ3) is 5.04. The average Bonchev–Trinajstić information content (AvgIpc) is 3.02. The second-order valence-electron chi connectivity index (χ2n) is 5.89. The maximum atomic E-state index is 12.3. The number of anilines is 1. The molecule has 1 aliphatic rings. The molecule has 2 N–H and O–H groups in total. The van der Waals surface area contributed by atoms with Crippen LogP contribution in [0.2, 0.25) is 0 Å². The molecule has 2 amide bonds. The normalized spacial score (nSPS) is 17.3. The number of carbonyl (C=O) groups is 2. The van der Waals surface area contributed by atoms with Gasteiger partial charge in [0.25, 0.3) is 0 Å². The summed E-state index contributed by atoms with van der Waals surface area (Å²) in [5, 5.41) is 5.43. The molecule has 2 aromatic rings. The molecular weight excluding hydrogens is 378 g/mol. The van der Waals surface area contributed by atoms with Gasteiger partial charge in [-0.15, -0.1) is 0 Å². The topological polar surface area (TPSA) is 89.0 Å². The summed E-state index contributed by atoms with van der Waals surface area (Å²) >= 11 is 1.23. The highest BCUT2D eigenvalue weighted by atomic mass is 32.2. The minimum absolute atomic E-state index is 0.0503. The minimum atomic E-state index is -0.531. The van der Waals surface area contributed by atoms with Gasteiger partial charge in [0.05, 0.1) is 13.7 Å². The SMILES string of the molecule is CCOc1ccc(NC(=O)C[C@@H]2SC(=Nc3ccccc3OC)NC2=O)cc1. The Morgan fingerprint density at radius 3 is 2.68 bits per heavy atom. The molecule has 0 unspecified atom stereocenters. The lowest BCUT2D eigenvalue weighted by Crippen LogP contribution is -2.28. The summed E-state index contributed by atoms with van der Waals surface area (Å²) in [5.41, 5.74) is 1.27. The van der Waals surface area contributed by atoms with Gasteiger partial charge in [-0.25, -0.2) is 4.99 Å². The second-order valence-corrected chi connectivity index (χ2v) is 7.09. The largest absolute Gasteiger partial charge is 0.494 e. The van der Waals surface area contributed by atoms with Gasteiger partial charge >= 0.3 is 0 Å². The molecule has 1 heterocycles. The smallest absolute Gasteiger partial charge is 0.240 e. The predicted octanol–water partition coefficient (Wildman–Crippen LogP) is 3.34. The fourth-order valence-electron chi connectivity index (χ4n) is 2.61. The summed E-state index contributed by atoms with van der Waals surface area (Å²) in [4.78, 5) is 28.9. The van der Waals surface area contributed by atoms with Crippen LogP contribution in [-0.2, 0) is 9.59 Å². The van der Waals surface area contributed by atoms with Crippen molar-refractivity contribution in [2.75, 3.05) is 19.0 Å². The minimum Gasteiger partial charge on any atom is -0.494 e. The number of ether oxygens (including phenoxy) is 2. The number of nitrogens with one attached hydrogen (secondary N) is 2. The third-order valence-corrected chi connectivity index (χ3v) is 4.99. The van der Waals surface area contributed by atoms with Crippen molar-refractivity contribution in [3.63, 3.8) is 0 Å². The number of amides is 2. The molecule has 146 valence electrons. The lowest BCUT2D eigenvalue weighted by Gasteiger charge is -2.08. The van der Waals surface area contributed by atoms with Crippen molar-refractivity contribution in [3.8, 4) is 11.5 Å². The number of methoxy groups -OCH3 is 1. The first-order chi connectivity index (χ1) is 13.6. The van der Waals surface area contributed by atoms with E-state index in [1.165, 1.54) is 11.8 Å². The molecule has 0 aromatic heterocycles. The van der Waals surface area contributed by atoms with Crippen LogP contribution in [0.1, 0.15) is 13.3 Å². The van der Waals surface area contributed by atoms with Crippen LogP contribution in [-0.4, -0.2) is 35.9 Å². The Morgan fingerprint density at radius 1 is 1.21 bits per heavy atom. The molecule has 28 heavy (non-hydrogen) atoms. The lowest BCUT2D eigenvalue weighted by molar-refractivity contribution is -0.122. The monoisotopic (exact) mass is 399 g/mol. The number of rotatable bonds is 7. The Balaban J connectivity index is 1.59. The lowest BCUT2D eigenvalue weighted by atomic mass is 10.2. The van der Waals surface area contributed by atoms with Crippen LogP contribution in [0, 0.1) is 0 Å². The summed E-state index contributed by atoms with van der Waals surface area (Å²) in [6.07, 6.45) is 0.0503. The van der Waals surface area contributed by atoms with E-state index in [0.29, 0.717) is 28.9 Å². The number of nitrogens with zero attached hydrogens (tertiary/aromatic N) is 1. The first-order valence-corrected chi connectivity index (χ1v) is 9.69. The molecule has 8 heteroatoms. The molecule has 1 aliphatic heterocycles. The third-order valence-electron chi connectivity index (χ3n) is 3.90. The highest BCUT2D eigenvalue weighted by Crippen LogP contribution is 2.30. The van der Waals surface area contributed by atoms with Gasteiger partial charge in [0, 0.05) is 12.1 Å². The van der Waals surface area contributed by atoms with Gasteiger partial charge in [-0.1, -0.05) is 23.9 Å². The zero-order chi connectivity index (χ0) is 19.9. The van der Waals surface area contributed by atoms with E-state index < -0.39 is 5.25 Å². The van der Waals surface area contributed by atoms with Crippen LogP contribution < -0.4 is 20.1 Å². The van der Waals surface area contributed by atoms with Gasteiger partial charge in [0.1, 0.15) is 22.4 Å². The molecule has 7 nitrogen and oxygen atoms in total. The Bertz CT molecular complexity index is 883. The van der Waals surface area contributed by atoms with Crippen molar-refractivity contribution < 1.29 is 19.1 Å². The zero-order valence-electron chi connectivity index (χ0n) is 15.6. The van der Waals surface area contributed by atoms with Gasteiger partial charge < -0.3 is 20.1 Å². The maximum Gasteiger partial charge on any atom is 0.240 e. The summed E-state index contributed by atoms with van der Waals surface area (Å²) in [6, 6.07) is 14.4. The van der Waals surface area contributed by atoms with Crippen LogP contribution >= 0.6 is 11.8 Å². The highest BCUT2D eigenvalue weighted by molar-refractivity contribution is 8.15. The molecular formula is C20H21N3O4S. The van der Waals surface area contributed by atoms with E-state index in [-0.39, 0.29) is 18.2 Å². The average molecular weight is 399 g/mol. The predicted molar refractivity (Wildman–Crippen MR) is 110 cm³/mol. The van der Waals surface area contributed by atoms with Crippen LogP contribution in [0.4, 0.5) is 11.4 Å². The van der Waals surface area contributed by atoms with Gasteiger partial charge in [-0.3, -0.25) is 9.59 Å². The van der Waals surface area contributed by atoms with Gasteiger partial charge in [0.15, 0.2) is 5.17 Å². The van der Waals surface area contributed by atoms with E-state index in [4.69, 9.17) is 9.47 Å². The molecule has 0 bridgehead atoms. The number of hydrogen-bond acceptors (Lipinski definition) is 6. The van der Waals surface area contributed by atoms with Crippen molar-refractivity contribution in [1.29, 1.82) is 0 Å². The molecule has 2 aromatic carbocycles. The highest BCUT2D eigenvalue weighted by Gasteiger charge is 2.32. The van der Waals surface area contributed by atoms with Crippen LogP contribution in [0.3, 0.4) is 0 Å². The fraction of sp³-hybridized carbons (Fsp3) is 0.250. The quantitative estimate of drug-likeness (QED) is 0.745. The Morgan fingerprint density at radius 2 is 1.96 bits per heavy atom. The van der Waals surface area contributed by atoms with E-state index in [0.717, 1.165) is 5.75 Å². The molecule has 1 saturated heterocycles. The van der Waals surface area contributed by atoms with Crippen LogP contribution in [0.5, 0.6) is 11.5 Å². The molecule has 3 rings (SSSR count). The van der Waals surface area contributed by atoms with Crippen LogP contribution in [0.15, 0.2) is 53.5 Å². The van der Waals surface area contributed by atoms with E-state index in [9.17, 15) is 9.59 Å². The van der Waals surface area contributed by atoms with Gasteiger partial charge in [-0.05, 0) is 43.3 Å². The number of benzene rings is 2. The van der Waals surface area contributed by atoms with Crippen molar-refractivity contribution >= 4 is 40.1 Å². The standard InChI is InChI=1S/C20H21N3O4S/c1-3-27-14-10-8-13(9-11-14)21-18(24)12-17-19(25)23-20(28-17)22-15-6-4-5-7-16(15)26-2/h4-11,17H,3,12H2,1-2H3,(H,21,24)(H,22,23,25)/t17-/m0/s1. The van der Waals surface area contributed by atoms with E-state index in [1.54, 1.807) is 43.5 Å². The molecule has 0 spiro atoms. The molecule has 0 saturated carbocycles. The van der Waals surface area contributed by atoms with Crippen molar-refractivity contribution in [3.05, 3.63) is 48.5 Å². The number of hydrogen-bond donors (Lipinski definition) is 2. The summed E-state index contributed by atoms with van der Waals surface area (Å²) in [7, 11) is 1.56. The number of aliphatic imine (C=N–C) groups is 1. The van der Waals surface area contributed by atoms with Crippen molar-refractivity contribution in [1.82, 2.24) is 5.32 Å². The zero-order valence-corrected chi connectivity index (χ0v) is 16.4. The van der Waals surface area contributed by atoms with E-state index in [2.05, 4.69) is 15.6 Å². The molecule has 1 fully saturated rings. The number of carbonyl (C=O) groups excluding carboxylic acids is 2. The fourth-order valence-corrected chi connectivity index (χ4v) is 3.59. The molecule has 1 atom stereocenters. The second kappa shape index (κ2) is 9.27. The van der Waals surface area contributed by atoms with Gasteiger partial charge in [0.2, 0.25) is 11.8 Å². The molecule has 0 radical (unpaired) electrons. The first-order valence-electron chi connectivity index (χ1n) is 8.81. The van der Waals surface area contributed by atoms with Crippen molar-refractivity contribution in [2.24, 2.45) is 4.99 Å². The van der Waals surface area contributed by atoms with Gasteiger partial charge in [-0.2, -0.15) is 0 Å². The number of amidine groups is 1. The van der Waals surface area contributed by atoms with Crippen LogP contribution in [0.25, 0.3) is 0 Å². The Kier molecular flexibility index (Phi) is 6.54. The number of thioether (sulfide) groups is 1. The Labute approximate surface area is 167 Å². The number of para-hydroxylation sites is 2. The maximum absolute atomic E-state index is 12.3. The summed E-state index contributed by atoms with van der Waals surface area (Å²) < 4.78 is 10.6. The summed E-state index contributed by atoms with van der Waals surface area (Å²) in [6.45, 7) is 2.49. The van der Waals surface area contributed by atoms with E-state index >= 15 is 0 Å². The van der Waals surface area contributed by atoms with E-state index in [1.807, 2.05) is 19.1 Å². The molecule has 0 aliphatic carbocycles. The van der Waals surface area contributed by atoms with Crippen molar-refractivity contribution in [2.45, 2.75) is 18.6 Å². The summed E-state index contributed by atoms with van der Waals surface area (Å²) in [5.74, 6) is 0.876. The Hall–Kier alpha value is -3.00.